The second-order valence-corrected chi connectivity index (χ2v) is 4.85. The van der Waals surface area contributed by atoms with Crippen LogP contribution in [0.1, 0.15) is 32.6 Å². The van der Waals surface area contributed by atoms with Crippen LogP contribution in [0.5, 0.6) is 0 Å². The van der Waals surface area contributed by atoms with E-state index in [4.69, 9.17) is 14.6 Å². The van der Waals surface area contributed by atoms with Gasteiger partial charge in [0.1, 0.15) is 24.4 Å². The number of aliphatic hydroxyl groups excluding tert-OH is 3. The minimum absolute atomic E-state index is 0.252. The Morgan fingerprint density at radius 1 is 1.37 bits per heavy atom. The first-order valence-corrected chi connectivity index (χ1v) is 7.05. The quantitative estimate of drug-likeness (QED) is 0.424. The molecule has 0 spiro atoms. The van der Waals surface area contributed by atoms with Gasteiger partial charge in [0.15, 0.2) is 0 Å². The molecular formula is C14H26O5. The van der Waals surface area contributed by atoms with Gasteiger partial charge in [0, 0.05) is 0 Å². The largest absolute Gasteiger partial charge is 0.394 e. The maximum absolute atomic E-state index is 9.88. The molecule has 0 aromatic heterocycles. The van der Waals surface area contributed by atoms with Gasteiger partial charge in [-0.15, -0.1) is 0 Å². The van der Waals surface area contributed by atoms with Gasteiger partial charge >= 0.3 is 0 Å². The van der Waals surface area contributed by atoms with Gasteiger partial charge in [0.2, 0.25) is 0 Å². The van der Waals surface area contributed by atoms with Crippen LogP contribution in [-0.4, -0.2) is 59.6 Å². The summed E-state index contributed by atoms with van der Waals surface area (Å²) in [5.74, 6) is 0. The molecule has 1 fully saturated rings. The number of allylic oxidation sites excluding steroid dienone is 1. The van der Waals surface area contributed by atoms with E-state index in [1.807, 2.05) is 0 Å². The molecular weight excluding hydrogens is 248 g/mol. The summed E-state index contributed by atoms with van der Waals surface area (Å²) in [7, 11) is 0. The lowest BCUT2D eigenvalue weighted by atomic mass is 10.1. The molecule has 4 atom stereocenters. The van der Waals surface area contributed by atoms with E-state index >= 15 is 0 Å². The van der Waals surface area contributed by atoms with Gasteiger partial charge < -0.3 is 24.8 Å². The average Bonchev–Trinajstić information content (AvgIpc) is 2.78. The maximum Gasteiger partial charge on any atom is 0.114 e. The van der Waals surface area contributed by atoms with Crippen molar-refractivity contribution in [2.24, 2.45) is 0 Å². The average molecular weight is 274 g/mol. The number of unbranched alkanes of at least 4 members (excludes halogenated alkanes) is 2. The molecule has 1 saturated heterocycles. The van der Waals surface area contributed by atoms with Crippen LogP contribution >= 0.6 is 0 Å². The molecule has 1 rings (SSSR count). The third-order valence-electron chi connectivity index (χ3n) is 3.24. The Labute approximate surface area is 114 Å². The molecule has 0 aromatic carbocycles. The molecule has 5 heteroatoms. The Balaban J connectivity index is 2.15. The van der Waals surface area contributed by atoms with E-state index in [-0.39, 0.29) is 6.61 Å². The third-order valence-corrected chi connectivity index (χ3v) is 3.24. The zero-order valence-corrected chi connectivity index (χ0v) is 11.6. The predicted molar refractivity (Wildman–Crippen MR) is 71.9 cm³/mol. The van der Waals surface area contributed by atoms with Crippen molar-refractivity contribution in [1.29, 1.82) is 0 Å². The van der Waals surface area contributed by atoms with E-state index in [1.54, 1.807) is 0 Å². The van der Waals surface area contributed by atoms with Crippen LogP contribution in [0.3, 0.4) is 0 Å². The standard InChI is InChI=1S/C14H26O5/c1-2-3-4-5-6-7-8-18-12-10-19-14(13(12)17)11(16)9-15/h5-6,11-17H,2-4,7-10H2,1H3/b6-5+/t11-,12+,13+,14+/m1/s1. The topological polar surface area (TPSA) is 79.2 Å². The van der Waals surface area contributed by atoms with Gasteiger partial charge in [-0.1, -0.05) is 31.9 Å². The molecule has 112 valence electrons. The molecule has 0 radical (unpaired) electrons. The molecule has 5 nitrogen and oxygen atoms in total. The van der Waals surface area contributed by atoms with Crippen LogP contribution in [0, 0.1) is 0 Å². The van der Waals surface area contributed by atoms with Crippen LogP contribution < -0.4 is 0 Å². The predicted octanol–water partition coefficient (Wildman–Crippen LogP) is 0.621. The normalized spacial score (nSPS) is 29.2. The van der Waals surface area contributed by atoms with E-state index in [2.05, 4.69) is 19.1 Å². The van der Waals surface area contributed by atoms with Gasteiger partial charge in [-0.3, -0.25) is 0 Å². The summed E-state index contributed by atoms with van der Waals surface area (Å²) in [5.41, 5.74) is 0. The highest BCUT2D eigenvalue weighted by Gasteiger charge is 2.40. The number of aliphatic hydroxyl groups is 3. The first-order valence-electron chi connectivity index (χ1n) is 7.05. The Bertz CT molecular complexity index is 256. The first kappa shape index (κ1) is 16.6. The second-order valence-electron chi connectivity index (χ2n) is 4.85. The summed E-state index contributed by atoms with van der Waals surface area (Å²) in [5, 5.41) is 28.1. The summed E-state index contributed by atoms with van der Waals surface area (Å²) in [6, 6.07) is 0. The van der Waals surface area contributed by atoms with Crippen molar-refractivity contribution < 1.29 is 24.8 Å². The Hall–Kier alpha value is -0.460. The molecule has 19 heavy (non-hydrogen) atoms. The van der Waals surface area contributed by atoms with E-state index in [0.29, 0.717) is 6.61 Å². The van der Waals surface area contributed by atoms with Crippen LogP contribution in [0.15, 0.2) is 12.2 Å². The van der Waals surface area contributed by atoms with Gasteiger partial charge in [0.05, 0.1) is 19.8 Å². The molecule has 0 bridgehead atoms. The van der Waals surface area contributed by atoms with E-state index in [0.717, 1.165) is 12.8 Å². The van der Waals surface area contributed by atoms with Crippen molar-refractivity contribution in [2.75, 3.05) is 19.8 Å². The van der Waals surface area contributed by atoms with Gasteiger partial charge in [-0.05, 0) is 12.8 Å². The van der Waals surface area contributed by atoms with Crippen LogP contribution in [0.4, 0.5) is 0 Å². The number of hydrogen-bond acceptors (Lipinski definition) is 5. The summed E-state index contributed by atoms with van der Waals surface area (Å²) in [4.78, 5) is 0. The first-order chi connectivity index (χ1) is 9.20. The van der Waals surface area contributed by atoms with Gasteiger partial charge in [-0.2, -0.15) is 0 Å². The zero-order valence-electron chi connectivity index (χ0n) is 11.6. The van der Waals surface area contributed by atoms with Crippen LogP contribution in [0.2, 0.25) is 0 Å². The summed E-state index contributed by atoms with van der Waals surface area (Å²) in [6.45, 7) is 2.52. The summed E-state index contributed by atoms with van der Waals surface area (Å²) in [6.07, 6.45) is 5.41. The number of ether oxygens (including phenoxy) is 2. The summed E-state index contributed by atoms with van der Waals surface area (Å²) < 4.78 is 10.8. The highest BCUT2D eigenvalue weighted by atomic mass is 16.6. The molecule has 3 N–H and O–H groups in total. The van der Waals surface area contributed by atoms with E-state index in [9.17, 15) is 10.2 Å². The van der Waals surface area contributed by atoms with Crippen molar-refractivity contribution in [3.8, 4) is 0 Å². The molecule has 0 aromatic rings. The lowest BCUT2D eigenvalue weighted by molar-refractivity contribution is -0.0726. The van der Waals surface area contributed by atoms with Gasteiger partial charge in [-0.25, -0.2) is 0 Å². The fourth-order valence-electron chi connectivity index (χ4n) is 2.05. The Morgan fingerprint density at radius 3 is 2.79 bits per heavy atom. The lowest BCUT2D eigenvalue weighted by Crippen LogP contribution is -2.41. The molecule has 1 aliphatic heterocycles. The second kappa shape index (κ2) is 9.44. The number of rotatable bonds is 9. The van der Waals surface area contributed by atoms with Crippen molar-refractivity contribution in [2.45, 2.75) is 57.0 Å². The fourth-order valence-corrected chi connectivity index (χ4v) is 2.05. The molecule has 0 aliphatic carbocycles. The smallest absolute Gasteiger partial charge is 0.114 e. The van der Waals surface area contributed by atoms with Crippen molar-refractivity contribution in [3.05, 3.63) is 12.2 Å². The van der Waals surface area contributed by atoms with Crippen molar-refractivity contribution in [3.63, 3.8) is 0 Å². The Morgan fingerprint density at radius 2 is 2.11 bits per heavy atom. The van der Waals surface area contributed by atoms with Gasteiger partial charge in [0.25, 0.3) is 0 Å². The zero-order chi connectivity index (χ0) is 14.1. The minimum atomic E-state index is -1.06. The minimum Gasteiger partial charge on any atom is -0.394 e. The van der Waals surface area contributed by atoms with Crippen LogP contribution in [-0.2, 0) is 9.47 Å². The molecule has 1 heterocycles. The molecule has 1 aliphatic rings. The maximum atomic E-state index is 9.88. The fraction of sp³-hybridized carbons (Fsp3) is 0.857. The van der Waals surface area contributed by atoms with Crippen LogP contribution in [0.25, 0.3) is 0 Å². The molecule has 0 saturated carbocycles. The number of hydrogen-bond donors (Lipinski definition) is 3. The highest BCUT2D eigenvalue weighted by Crippen LogP contribution is 2.20. The van der Waals surface area contributed by atoms with Crippen molar-refractivity contribution >= 4 is 0 Å². The molecule has 0 amide bonds. The monoisotopic (exact) mass is 274 g/mol. The summed E-state index contributed by atoms with van der Waals surface area (Å²) >= 11 is 0. The highest BCUT2D eigenvalue weighted by molar-refractivity contribution is 4.89. The SMILES string of the molecule is CCCC/C=C/CCO[C@H]1CO[C@@H]([C@H](O)CO)[C@H]1O. The van der Waals surface area contributed by atoms with Crippen molar-refractivity contribution in [1.82, 2.24) is 0 Å². The lowest BCUT2D eigenvalue weighted by Gasteiger charge is -2.20. The molecule has 0 unspecified atom stereocenters. The third kappa shape index (κ3) is 5.58. The Kier molecular flexibility index (Phi) is 8.25. The van der Waals surface area contributed by atoms with E-state index in [1.165, 1.54) is 12.8 Å². The van der Waals surface area contributed by atoms with E-state index < -0.39 is 31.0 Å².